The van der Waals surface area contributed by atoms with Crippen LogP contribution in [-0.4, -0.2) is 25.7 Å². The molecule has 3 rings (SSSR count). The Kier molecular flexibility index (Phi) is 4.83. The molecule has 2 aromatic carbocycles. The zero-order valence-corrected chi connectivity index (χ0v) is 15.7. The van der Waals surface area contributed by atoms with Crippen LogP contribution in [0.3, 0.4) is 0 Å². The van der Waals surface area contributed by atoms with E-state index in [1.807, 2.05) is 6.07 Å². The first-order valence-electron chi connectivity index (χ1n) is 7.86. The lowest BCUT2D eigenvalue weighted by atomic mass is 10.1. The number of nitrogens with zero attached hydrogens (tertiary/aromatic N) is 3. The summed E-state index contributed by atoms with van der Waals surface area (Å²) < 4.78 is 38.3. The third-order valence-corrected chi connectivity index (χ3v) is 5.33. The Morgan fingerprint density at radius 2 is 1.93 bits per heavy atom. The standard InChI is InChI=1S/C18H16N4O4S/c1-11-8-16(12(2)7-15(11)25-3)27(23,24)22-18-21-20-17(26-18)14-6-4-5-13(9-14)10-19/h4-9H,1-3H3,(H,21,22). The molecule has 0 aliphatic rings. The number of aromatic nitrogens is 2. The number of methoxy groups -OCH3 is 1. The molecule has 8 nitrogen and oxygen atoms in total. The van der Waals surface area contributed by atoms with E-state index in [4.69, 9.17) is 14.4 Å². The van der Waals surface area contributed by atoms with Gasteiger partial charge in [-0.15, -0.1) is 5.10 Å². The lowest BCUT2D eigenvalue weighted by Crippen LogP contribution is -2.15. The van der Waals surface area contributed by atoms with E-state index >= 15 is 0 Å². The zero-order valence-electron chi connectivity index (χ0n) is 14.8. The van der Waals surface area contributed by atoms with E-state index in [0.29, 0.717) is 28.0 Å². The molecule has 0 unspecified atom stereocenters. The number of anilines is 1. The number of nitrogens with one attached hydrogen (secondary N) is 1. The predicted molar refractivity (Wildman–Crippen MR) is 97.7 cm³/mol. The zero-order chi connectivity index (χ0) is 19.6. The van der Waals surface area contributed by atoms with Crippen LogP contribution in [0.25, 0.3) is 11.5 Å². The van der Waals surface area contributed by atoms with E-state index in [9.17, 15) is 8.42 Å². The molecule has 0 bridgehead atoms. The van der Waals surface area contributed by atoms with Gasteiger partial charge in [-0.2, -0.15) is 5.26 Å². The monoisotopic (exact) mass is 384 g/mol. The van der Waals surface area contributed by atoms with Gasteiger partial charge >= 0.3 is 6.01 Å². The molecule has 0 radical (unpaired) electrons. The Hall–Kier alpha value is -3.38. The lowest BCUT2D eigenvalue weighted by molar-refractivity contribution is 0.411. The Morgan fingerprint density at radius 1 is 1.15 bits per heavy atom. The van der Waals surface area contributed by atoms with Gasteiger partial charge in [-0.1, -0.05) is 11.2 Å². The van der Waals surface area contributed by atoms with E-state index < -0.39 is 10.0 Å². The van der Waals surface area contributed by atoms with Gasteiger partial charge in [0, 0.05) is 5.56 Å². The molecule has 1 heterocycles. The number of rotatable bonds is 5. The highest BCUT2D eigenvalue weighted by Crippen LogP contribution is 2.27. The van der Waals surface area contributed by atoms with Gasteiger partial charge in [0.25, 0.3) is 10.0 Å². The number of benzene rings is 2. The fraction of sp³-hybridized carbons (Fsp3) is 0.167. The van der Waals surface area contributed by atoms with Crippen molar-refractivity contribution in [3.63, 3.8) is 0 Å². The fourth-order valence-corrected chi connectivity index (χ4v) is 3.78. The quantitative estimate of drug-likeness (QED) is 0.718. The summed E-state index contributed by atoms with van der Waals surface area (Å²) in [5.41, 5.74) is 2.15. The van der Waals surface area contributed by atoms with Crippen LogP contribution in [0.4, 0.5) is 6.01 Å². The molecule has 0 aliphatic heterocycles. The van der Waals surface area contributed by atoms with Crippen molar-refractivity contribution >= 4 is 16.0 Å². The number of nitriles is 1. The minimum absolute atomic E-state index is 0.0898. The number of hydrogen-bond acceptors (Lipinski definition) is 7. The Morgan fingerprint density at radius 3 is 2.63 bits per heavy atom. The largest absolute Gasteiger partial charge is 0.496 e. The first-order valence-corrected chi connectivity index (χ1v) is 9.34. The maximum atomic E-state index is 12.7. The van der Waals surface area contributed by atoms with Crippen molar-refractivity contribution in [1.29, 1.82) is 5.26 Å². The van der Waals surface area contributed by atoms with Crippen molar-refractivity contribution in [1.82, 2.24) is 10.2 Å². The van der Waals surface area contributed by atoms with Crippen molar-refractivity contribution in [2.24, 2.45) is 0 Å². The highest BCUT2D eigenvalue weighted by Gasteiger charge is 2.22. The van der Waals surface area contributed by atoms with Crippen LogP contribution in [0.5, 0.6) is 5.75 Å². The molecule has 3 aromatic rings. The summed E-state index contributed by atoms with van der Waals surface area (Å²) in [5, 5.41) is 16.5. The third kappa shape index (κ3) is 3.75. The van der Waals surface area contributed by atoms with Gasteiger partial charge in [-0.25, -0.2) is 13.1 Å². The molecule has 1 N–H and O–H groups in total. The molecule has 0 fully saturated rings. The van der Waals surface area contributed by atoms with Crippen LogP contribution in [0.1, 0.15) is 16.7 Å². The van der Waals surface area contributed by atoms with Gasteiger partial charge < -0.3 is 9.15 Å². The van der Waals surface area contributed by atoms with Crippen LogP contribution in [-0.2, 0) is 10.0 Å². The molecular weight excluding hydrogens is 368 g/mol. The molecule has 0 aliphatic carbocycles. The summed E-state index contributed by atoms with van der Waals surface area (Å²) in [6.07, 6.45) is 0. The van der Waals surface area contributed by atoms with Crippen molar-refractivity contribution in [2.75, 3.05) is 11.8 Å². The van der Waals surface area contributed by atoms with Crippen LogP contribution in [0.2, 0.25) is 0 Å². The summed E-state index contributed by atoms with van der Waals surface area (Å²) in [7, 11) is -2.40. The molecule has 0 saturated heterocycles. The second-order valence-electron chi connectivity index (χ2n) is 5.80. The summed E-state index contributed by atoms with van der Waals surface area (Å²) in [6, 6.07) is 11.5. The Labute approximate surface area is 156 Å². The summed E-state index contributed by atoms with van der Waals surface area (Å²) in [4.78, 5) is 0.0898. The van der Waals surface area contributed by atoms with Crippen LogP contribution >= 0.6 is 0 Å². The average Bonchev–Trinajstić information content (AvgIpc) is 3.11. The number of aryl methyl sites for hydroxylation is 2. The lowest BCUT2D eigenvalue weighted by Gasteiger charge is -2.11. The van der Waals surface area contributed by atoms with Gasteiger partial charge in [0.05, 0.1) is 23.6 Å². The number of ether oxygens (including phenoxy) is 1. The Bertz CT molecular complexity index is 1150. The molecule has 27 heavy (non-hydrogen) atoms. The fourth-order valence-electron chi connectivity index (χ4n) is 2.55. The predicted octanol–water partition coefficient (Wildman–Crippen LogP) is 3.03. The van der Waals surface area contributed by atoms with Gasteiger partial charge in [0.2, 0.25) is 5.89 Å². The SMILES string of the molecule is COc1cc(C)c(S(=O)(=O)Nc2nnc(-c3cccc(C#N)c3)o2)cc1C. The summed E-state index contributed by atoms with van der Waals surface area (Å²) >= 11 is 0. The molecule has 138 valence electrons. The third-order valence-electron chi connectivity index (χ3n) is 3.87. The first-order chi connectivity index (χ1) is 12.8. The van der Waals surface area contributed by atoms with Crippen molar-refractivity contribution in [3.05, 3.63) is 53.1 Å². The molecule has 1 aromatic heterocycles. The maximum absolute atomic E-state index is 12.7. The van der Waals surface area contributed by atoms with E-state index in [2.05, 4.69) is 14.9 Å². The van der Waals surface area contributed by atoms with Crippen molar-refractivity contribution in [3.8, 4) is 23.3 Å². The van der Waals surface area contributed by atoms with E-state index in [0.717, 1.165) is 0 Å². The number of sulfonamides is 1. The normalized spacial score (nSPS) is 11.0. The van der Waals surface area contributed by atoms with Crippen molar-refractivity contribution in [2.45, 2.75) is 18.7 Å². The summed E-state index contributed by atoms with van der Waals surface area (Å²) in [5.74, 6) is 0.705. The van der Waals surface area contributed by atoms with E-state index in [1.165, 1.54) is 13.2 Å². The molecule has 0 atom stereocenters. The number of hydrogen-bond donors (Lipinski definition) is 1. The minimum Gasteiger partial charge on any atom is -0.496 e. The molecule has 0 amide bonds. The molecule has 0 spiro atoms. The second-order valence-corrected chi connectivity index (χ2v) is 7.45. The van der Waals surface area contributed by atoms with Crippen LogP contribution in [0, 0.1) is 25.2 Å². The molecule has 0 saturated carbocycles. The molecular formula is C18H16N4O4S. The highest BCUT2D eigenvalue weighted by atomic mass is 32.2. The minimum atomic E-state index is -3.93. The topological polar surface area (TPSA) is 118 Å². The van der Waals surface area contributed by atoms with Crippen LogP contribution < -0.4 is 9.46 Å². The maximum Gasteiger partial charge on any atom is 0.330 e. The molecule has 9 heteroatoms. The highest BCUT2D eigenvalue weighted by molar-refractivity contribution is 7.92. The van der Waals surface area contributed by atoms with Gasteiger partial charge in [0.1, 0.15) is 5.75 Å². The second kappa shape index (κ2) is 7.09. The summed E-state index contributed by atoms with van der Waals surface area (Å²) in [6.45, 7) is 3.42. The average molecular weight is 384 g/mol. The smallest absolute Gasteiger partial charge is 0.330 e. The van der Waals surface area contributed by atoms with E-state index in [1.54, 1.807) is 44.2 Å². The van der Waals surface area contributed by atoms with Gasteiger partial charge in [-0.3, -0.25) is 0 Å². The van der Waals surface area contributed by atoms with Gasteiger partial charge in [-0.05, 0) is 55.3 Å². The Balaban J connectivity index is 1.90. The van der Waals surface area contributed by atoms with Crippen molar-refractivity contribution < 1.29 is 17.6 Å². The van der Waals surface area contributed by atoms with E-state index in [-0.39, 0.29) is 16.8 Å². The first kappa shape index (κ1) is 18.4. The van der Waals surface area contributed by atoms with Gasteiger partial charge in [0.15, 0.2) is 0 Å². The van der Waals surface area contributed by atoms with Crippen LogP contribution in [0.15, 0.2) is 45.7 Å².